The normalized spacial score (nSPS) is 15.6. The largest absolute Gasteiger partial charge is 0.647 e. The van der Waals surface area contributed by atoms with Crippen LogP contribution in [-0.4, -0.2) is 0 Å². The van der Waals surface area contributed by atoms with Crippen LogP contribution in [0.4, 0.5) is 0 Å². The lowest BCUT2D eigenvalue weighted by Crippen LogP contribution is -1.99. The minimum Gasteiger partial charge on any atom is -0.386 e. The molecule has 0 aromatic rings. The molecule has 0 aliphatic carbocycles. The molecule has 1 unspecified atom stereocenters. The summed E-state index contributed by atoms with van der Waals surface area (Å²) in [6, 6.07) is 0. The fourth-order valence-corrected chi connectivity index (χ4v) is 2.87. The first-order chi connectivity index (χ1) is 13.0. The molecule has 0 saturated carbocycles. The van der Waals surface area contributed by atoms with E-state index in [9.17, 15) is 4.57 Å². The molecule has 27 heavy (non-hydrogen) atoms. The van der Waals surface area contributed by atoms with Crippen LogP contribution in [0.3, 0.4) is 0 Å². The van der Waals surface area contributed by atoms with Crippen molar-refractivity contribution in [3.05, 3.63) is 123 Å². The molecule has 0 radical (unpaired) electrons. The van der Waals surface area contributed by atoms with Crippen LogP contribution in [0.15, 0.2) is 123 Å². The minimum atomic E-state index is -4.10. The SMILES string of the molecule is C=C/C=C\C(=C/C)OP(=O)(OC(/C=C\C)=C/C=C)OC(/C=C\C=C)=C/C=C. The van der Waals surface area contributed by atoms with E-state index in [1.54, 1.807) is 74.6 Å². The topological polar surface area (TPSA) is 44.8 Å². The summed E-state index contributed by atoms with van der Waals surface area (Å²) in [5.41, 5.74) is 0. The number of allylic oxidation sites excluding steroid dienone is 13. The summed E-state index contributed by atoms with van der Waals surface area (Å²) in [4.78, 5) is 0. The maximum Gasteiger partial charge on any atom is 0.647 e. The highest BCUT2D eigenvalue weighted by Gasteiger charge is 2.33. The van der Waals surface area contributed by atoms with E-state index < -0.39 is 7.82 Å². The predicted molar refractivity (Wildman–Crippen MR) is 115 cm³/mol. The first kappa shape index (κ1) is 24.0. The van der Waals surface area contributed by atoms with E-state index in [0.29, 0.717) is 5.76 Å². The molecule has 1 atom stereocenters. The van der Waals surface area contributed by atoms with E-state index in [-0.39, 0.29) is 11.5 Å². The van der Waals surface area contributed by atoms with Gasteiger partial charge in [0.25, 0.3) is 0 Å². The molecular weight excluding hydrogens is 359 g/mol. The van der Waals surface area contributed by atoms with Crippen LogP contribution in [0.2, 0.25) is 0 Å². The number of hydrogen-bond acceptors (Lipinski definition) is 4. The van der Waals surface area contributed by atoms with E-state index in [1.807, 2.05) is 0 Å². The Balaban J connectivity index is 6.00. The molecule has 0 aliphatic heterocycles. The van der Waals surface area contributed by atoms with Crippen LogP contribution in [0.5, 0.6) is 0 Å². The summed E-state index contributed by atoms with van der Waals surface area (Å²) >= 11 is 0. The number of rotatable bonds is 13. The quantitative estimate of drug-likeness (QED) is 0.190. The van der Waals surface area contributed by atoms with Crippen LogP contribution >= 0.6 is 7.82 Å². The molecule has 144 valence electrons. The molecule has 4 nitrogen and oxygen atoms in total. The highest BCUT2D eigenvalue weighted by atomic mass is 31.2. The zero-order chi connectivity index (χ0) is 20.5. The molecule has 0 saturated heterocycles. The number of phosphoric acid groups is 1. The zero-order valence-corrected chi connectivity index (χ0v) is 16.8. The fourth-order valence-electron chi connectivity index (χ4n) is 1.58. The fraction of sp³-hybridized carbons (Fsp3) is 0.0909. The Kier molecular flexibility index (Phi) is 12.7. The molecule has 0 fully saturated rings. The smallest absolute Gasteiger partial charge is 0.386 e. The standard InChI is InChI=1S/C22H27O4P/c1-7-13-18-20(12-6)24-27(23,25-21(15-9-3)16-10-4)26-22(17-11-5)19-14-8-2/h7-19H,1-3,5H2,4,6H3/b16-10-,18-13-,19-14-,20-12+,21-15+,22-17+. The molecule has 0 bridgehead atoms. The summed E-state index contributed by atoms with van der Waals surface area (Å²) in [7, 11) is -4.10. The Hall–Kier alpha value is -2.97. The molecule has 0 rings (SSSR count). The van der Waals surface area contributed by atoms with Crippen molar-refractivity contribution in [3.63, 3.8) is 0 Å². The zero-order valence-electron chi connectivity index (χ0n) is 15.9. The van der Waals surface area contributed by atoms with E-state index >= 15 is 0 Å². The van der Waals surface area contributed by atoms with Crippen molar-refractivity contribution in [3.8, 4) is 0 Å². The summed E-state index contributed by atoms with van der Waals surface area (Å²) in [5.74, 6) is 0.793. The van der Waals surface area contributed by atoms with Crippen molar-refractivity contribution >= 4 is 7.82 Å². The third kappa shape index (κ3) is 10.6. The van der Waals surface area contributed by atoms with Gasteiger partial charge in [0.2, 0.25) is 0 Å². The molecule has 5 heteroatoms. The summed E-state index contributed by atoms with van der Waals surface area (Å²) in [6.07, 6.45) is 20.6. The van der Waals surface area contributed by atoms with E-state index in [0.717, 1.165) is 0 Å². The van der Waals surface area contributed by atoms with Crippen molar-refractivity contribution in [2.75, 3.05) is 0 Å². The monoisotopic (exact) mass is 386 g/mol. The van der Waals surface area contributed by atoms with Gasteiger partial charge in [-0.1, -0.05) is 68.8 Å². The van der Waals surface area contributed by atoms with Crippen LogP contribution in [-0.2, 0) is 18.1 Å². The van der Waals surface area contributed by atoms with E-state index in [1.165, 1.54) is 18.2 Å². The van der Waals surface area contributed by atoms with Gasteiger partial charge in [-0.15, -0.1) is 0 Å². The highest BCUT2D eigenvalue weighted by Crippen LogP contribution is 2.55. The summed E-state index contributed by atoms with van der Waals surface area (Å²) < 4.78 is 30.0. The molecular formula is C22H27O4P. The van der Waals surface area contributed by atoms with Crippen LogP contribution < -0.4 is 0 Å². The van der Waals surface area contributed by atoms with Gasteiger partial charge in [0.15, 0.2) is 0 Å². The molecule has 0 aromatic carbocycles. The second-order valence-corrected chi connectivity index (χ2v) is 6.15. The first-order valence-electron chi connectivity index (χ1n) is 8.20. The molecule has 0 N–H and O–H groups in total. The van der Waals surface area contributed by atoms with Crippen LogP contribution in [0.25, 0.3) is 0 Å². The summed E-state index contributed by atoms with van der Waals surface area (Å²) in [5, 5.41) is 0. The molecule has 0 spiro atoms. The average Bonchev–Trinajstić information content (AvgIpc) is 2.63. The van der Waals surface area contributed by atoms with Gasteiger partial charge in [-0.2, -0.15) is 4.57 Å². The Morgan fingerprint density at radius 3 is 1.56 bits per heavy atom. The third-order valence-corrected chi connectivity index (χ3v) is 3.93. The van der Waals surface area contributed by atoms with Crippen molar-refractivity contribution in [1.82, 2.24) is 0 Å². The van der Waals surface area contributed by atoms with Crippen molar-refractivity contribution in [1.29, 1.82) is 0 Å². The first-order valence-corrected chi connectivity index (χ1v) is 9.66. The Morgan fingerprint density at radius 1 is 0.704 bits per heavy atom. The lowest BCUT2D eigenvalue weighted by atomic mass is 10.4. The van der Waals surface area contributed by atoms with Gasteiger partial charge in [0, 0.05) is 0 Å². The third-order valence-electron chi connectivity index (χ3n) is 2.62. The Morgan fingerprint density at radius 2 is 1.15 bits per heavy atom. The summed E-state index contributed by atoms with van der Waals surface area (Å²) in [6.45, 7) is 18.0. The van der Waals surface area contributed by atoms with Gasteiger partial charge in [-0.05, 0) is 50.3 Å². The van der Waals surface area contributed by atoms with Crippen molar-refractivity contribution < 1.29 is 18.1 Å². The highest BCUT2D eigenvalue weighted by molar-refractivity contribution is 7.48. The number of phosphoric ester groups is 1. The van der Waals surface area contributed by atoms with Gasteiger partial charge in [-0.25, -0.2) is 0 Å². The van der Waals surface area contributed by atoms with Crippen LogP contribution in [0.1, 0.15) is 13.8 Å². The molecule has 0 heterocycles. The Labute approximate surface area is 162 Å². The minimum absolute atomic E-state index is 0.231. The van der Waals surface area contributed by atoms with E-state index in [4.69, 9.17) is 13.6 Å². The average molecular weight is 386 g/mol. The van der Waals surface area contributed by atoms with Gasteiger partial charge in [0.05, 0.1) is 0 Å². The lowest BCUT2D eigenvalue weighted by Gasteiger charge is -2.20. The van der Waals surface area contributed by atoms with Gasteiger partial charge in [-0.3, -0.25) is 0 Å². The van der Waals surface area contributed by atoms with Gasteiger partial charge in [0.1, 0.15) is 17.3 Å². The predicted octanol–water partition coefficient (Wildman–Crippen LogP) is 7.25. The Bertz CT molecular complexity index is 746. The van der Waals surface area contributed by atoms with E-state index in [2.05, 4.69) is 26.3 Å². The van der Waals surface area contributed by atoms with Crippen molar-refractivity contribution in [2.24, 2.45) is 0 Å². The molecule has 0 aliphatic rings. The second kappa shape index (κ2) is 14.2. The maximum absolute atomic E-state index is 13.3. The molecule has 0 aromatic heterocycles. The van der Waals surface area contributed by atoms with Gasteiger partial charge < -0.3 is 13.6 Å². The lowest BCUT2D eigenvalue weighted by molar-refractivity contribution is 0.205. The van der Waals surface area contributed by atoms with Gasteiger partial charge >= 0.3 is 7.82 Å². The number of hydrogen-bond donors (Lipinski definition) is 0. The van der Waals surface area contributed by atoms with Crippen LogP contribution in [0, 0.1) is 0 Å². The van der Waals surface area contributed by atoms with Crippen molar-refractivity contribution in [2.45, 2.75) is 13.8 Å². The maximum atomic E-state index is 13.3. The molecule has 0 amide bonds. The second-order valence-electron chi connectivity index (χ2n) is 4.71.